The van der Waals surface area contributed by atoms with Gasteiger partial charge in [0, 0.05) is 18.8 Å². The van der Waals surface area contributed by atoms with Crippen LogP contribution in [0.15, 0.2) is 59.9 Å². The Labute approximate surface area is 129 Å². The smallest absolute Gasteiger partial charge is 0.271 e. The number of rotatable bonds is 3. The molecule has 2 heterocycles. The molecule has 1 aromatic carbocycles. The molecular weight excluding hydrogens is 276 g/mol. The molecule has 0 saturated carbocycles. The SMILES string of the molecule is O=C(NNC1=NC(Cc2ccccc2)CC1)c1cccnc1. The molecule has 0 saturated heterocycles. The van der Waals surface area contributed by atoms with E-state index in [4.69, 9.17) is 0 Å². The molecular formula is C17H18N4O. The zero-order valence-electron chi connectivity index (χ0n) is 12.2. The van der Waals surface area contributed by atoms with Crippen LogP contribution < -0.4 is 10.9 Å². The van der Waals surface area contributed by atoms with E-state index in [0.717, 1.165) is 25.1 Å². The first-order chi connectivity index (χ1) is 10.8. The maximum atomic E-state index is 11.9. The van der Waals surface area contributed by atoms with Gasteiger partial charge in [0.2, 0.25) is 0 Å². The van der Waals surface area contributed by atoms with Crippen molar-refractivity contribution in [3.05, 3.63) is 66.0 Å². The topological polar surface area (TPSA) is 66.4 Å². The Hall–Kier alpha value is -2.69. The minimum atomic E-state index is -0.206. The molecule has 1 aliphatic heterocycles. The molecule has 1 aliphatic rings. The number of benzene rings is 1. The summed E-state index contributed by atoms with van der Waals surface area (Å²) in [5, 5.41) is 0. The largest absolute Gasteiger partial charge is 0.285 e. The summed E-state index contributed by atoms with van der Waals surface area (Å²) in [6.07, 6.45) is 5.96. The molecule has 3 rings (SSSR count). The Morgan fingerprint density at radius 3 is 2.82 bits per heavy atom. The number of nitrogens with zero attached hydrogens (tertiary/aromatic N) is 2. The van der Waals surface area contributed by atoms with E-state index in [1.54, 1.807) is 18.3 Å². The highest BCUT2D eigenvalue weighted by atomic mass is 16.2. The lowest BCUT2D eigenvalue weighted by Crippen LogP contribution is -2.41. The quantitative estimate of drug-likeness (QED) is 0.852. The summed E-state index contributed by atoms with van der Waals surface area (Å²) < 4.78 is 0. The summed E-state index contributed by atoms with van der Waals surface area (Å²) in [5.74, 6) is 0.625. The van der Waals surface area contributed by atoms with E-state index in [1.165, 1.54) is 11.8 Å². The van der Waals surface area contributed by atoms with Gasteiger partial charge in [0.25, 0.3) is 5.91 Å². The van der Waals surface area contributed by atoms with Crippen molar-refractivity contribution < 1.29 is 4.79 Å². The summed E-state index contributed by atoms with van der Waals surface area (Å²) in [4.78, 5) is 20.5. The van der Waals surface area contributed by atoms with Crippen molar-refractivity contribution in [2.75, 3.05) is 0 Å². The predicted molar refractivity (Wildman–Crippen MR) is 85.4 cm³/mol. The van der Waals surface area contributed by atoms with Gasteiger partial charge < -0.3 is 0 Å². The fourth-order valence-corrected chi connectivity index (χ4v) is 2.48. The number of pyridine rings is 1. The molecule has 5 heteroatoms. The van der Waals surface area contributed by atoms with Crippen molar-refractivity contribution in [1.29, 1.82) is 0 Å². The lowest BCUT2D eigenvalue weighted by molar-refractivity contribution is 0.0943. The number of carbonyl (C=O) groups excluding carboxylic acids is 1. The highest BCUT2D eigenvalue weighted by Gasteiger charge is 2.18. The van der Waals surface area contributed by atoms with Crippen molar-refractivity contribution in [2.24, 2.45) is 4.99 Å². The molecule has 1 aromatic heterocycles. The zero-order chi connectivity index (χ0) is 15.2. The van der Waals surface area contributed by atoms with E-state index >= 15 is 0 Å². The van der Waals surface area contributed by atoms with Crippen LogP contribution in [0.2, 0.25) is 0 Å². The number of carbonyl (C=O) groups is 1. The second-order valence-electron chi connectivity index (χ2n) is 5.28. The molecule has 0 radical (unpaired) electrons. The minimum Gasteiger partial charge on any atom is -0.285 e. The van der Waals surface area contributed by atoms with Crippen molar-refractivity contribution in [1.82, 2.24) is 15.8 Å². The van der Waals surface area contributed by atoms with Gasteiger partial charge in [0.05, 0.1) is 11.6 Å². The number of aromatic nitrogens is 1. The third-order valence-electron chi connectivity index (χ3n) is 3.61. The monoisotopic (exact) mass is 294 g/mol. The first kappa shape index (κ1) is 14.3. The highest BCUT2D eigenvalue weighted by molar-refractivity contribution is 5.95. The van der Waals surface area contributed by atoms with Gasteiger partial charge in [-0.05, 0) is 30.5 Å². The van der Waals surface area contributed by atoms with Gasteiger partial charge in [-0.2, -0.15) is 0 Å². The van der Waals surface area contributed by atoms with Crippen LogP contribution in [0.1, 0.15) is 28.8 Å². The fraction of sp³-hybridized carbons (Fsp3) is 0.235. The molecule has 0 bridgehead atoms. The summed E-state index contributed by atoms with van der Waals surface area (Å²) in [6.45, 7) is 0. The van der Waals surface area contributed by atoms with Gasteiger partial charge in [0.1, 0.15) is 5.84 Å². The van der Waals surface area contributed by atoms with Crippen LogP contribution in [-0.2, 0) is 6.42 Å². The molecule has 2 aromatic rings. The Bertz CT molecular complexity index is 655. The van der Waals surface area contributed by atoms with E-state index in [1.807, 2.05) is 18.2 Å². The third-order valence-corrected chi connectivity index (χ3v) is 3.61. The Kier molecular flexibility index (Phi) is 4.44. The lowest BCUT2D eigenvalue weighted by Gasteiger charge is -2.07. The number of hydrogen-bond acceptors (Lipinski definition) is 4. The van der Waals surface area contributed by atoms with Crippen LogP contribution in [0, 0.1) is 0 Å². The third kappa shape index (κ3) is 3.69. The second kappa shape index (κ2) is 6.85. The Morgan fingerprint density at radius 2 is 2.05 bits per heavy atom. The van der Waals surface area contributed by atoms with Gasteiger partial charge in [-0.15, -0.1) is 0 Å². The predicted octanol–water partition coefficient (Wildman–Crippen LogP) is 2.12. The summed E-state index contributed by atoms with van der Waals surface area (Å²) in [6, 6.07) is 14.1. The maximum Gasteiger partial charge on any atom is 0.271 e. The maximum absolute atomic E-state index is 11.9. The first-order valence-corrected chi connectivity index (χ1v) is 7.38. The van der Waals surface area contributed by atoms with Gasteiger partial charge in [0.15, 0.2) is 0 Å². The molecule has 1 amide bonds. The van der Waals surface area contributed by atoms with E-state index in [9.17, 15) is 4.79 Å². The number of nitrogens with one attached hydrogen (secondary N) is 2. The van der Waals surface area contributed by atoms with Crippen LogP contribution in [0.3, 0.4) is 0 Å². The first-order valence-electron chi connectivity index (χ1n) is 7.38. The van der Waals surface area contributed by atoms with Crippen LogP contribution in [0.4, 0.5) is 0 Å². The second-order valence-corrected chi connectivity index (χ2v) is 5.28. The number of hydrazine groups is 1. The van der Waals surface area contributed by atoms with E-state index in [-0.39, 0.29) is 11.9 Å². The van der Waals surface area contributed by atoms with Gasteiger partial charge in [-0.1, -0.05) is 30.3 Å². The summed E-state index contributed by atoms with van der Waals surface area (Å²) in [5.41, 5.74) is 7.40. The molecule has 0 aliphatic carbocycles. The molecule has 5 nitrogen and oxygen atoms in total. The van der Waals surface area contributed by atoms with Crippen molar-refractivity contribution in [3.8, 4) is 0 Å². The van der Waals surface area contributed by atoms with Crippen LogP contribution in [0.5, 0.6) is 0 Å². The molecule has 2 N–H and O–H groups in total. The van der Waals surface area contributed by atoms with Gasteiger partial charge in [-0.3, -0.25) is 25.6 Å². The van der Waals surface area contributed by atoms with Crippen LogP contribution in [-0.4, -0.2) is 22.8 Å². The number of amidine groups is 1. The molecule has 0 fully saturated rings. The molecule has 1 atom stereocenters. The van der Waals surface area contributed by atoms with E-state index in [2.05, 4.69) is 33.0 Å². The Morgan fingerprint density at radius 1 is 1.18 bits per heavy atom. The van der Waals surface area contributed by atoms with Gasteiger partial charge >= 0.3 is 0 Å². The highest BCUT2D eigenvalue weighted by Crippen LogP contribution is 2.16. The zero-order valence-corrected chi connectivity index (χ0v) is 12.2. The van der Waals surface area contributed by atoms with Crippen molar-refractivity contribution in [2.45, 2.75) is 25.3 Å². The molecule has 0 spiro atoms. The van der Waals surface area contributed by atoms with Crippen LogP contribution >= 0.6 is 0 Å². The number of hydrogen-bond donors (Lipinski definition) is 2. The fourth-order valence-electron chi connectivity index (χ4n) is 2.48. The van der Waals surface area contributed by atoms with E-state index < -0.39 is 0 Å². The number of aliphatic imine (C=N–C) groups is 1. The normalized spacial score (nSPS) is 16.9. The summed E-state index contributed by atoms with van der Waals surface area (Å²) in [7, 11) is 0. The van der Waals surface area contributed by atoms with Gasteiger partial charge in [-0.25, -0.2) is 0 Å². The molecule has 22 heavy (non-hydrogen) atoms. The van der Waals surface area contributed by atoms with Crippen LogP contribution in [0.25, 0.3) is 0 Å². The minimum absolute atomic E-state index is 0.206. The number of amides is 1. The average Bonchev–Trinajstić information content (AvgIpc) is 3.02. The van der Waals surface area contributed by atoms with Crippen molar-refractivity contribution in [3.63, 3.8) is 0 Å². The van der Waals surface area contributed by atoms with E-state index in [0.29, 0.717) is 5.56 Å². The summed E-state index contributed by atoms with van der Waals surface area (Å²) >= 11 is 0. The van der Waals surface area contributed by atoms with Crippen molar-refractivity contribution >= 4 is 11.7 Å². The average molecular weight is 294 g/mol. The molecule has 112 valence electrons. The lowest BCUT2D eigenvalue weighted by atomic mass is 10.0. The Balaban J connectivity index is 1.51. The standard InChI is InChI=1S/C17H18N4O/c22-17(14-7-4-10-18-12-14)21-20-16-9-8-15(19-16)11-13-5-2-1-3-6-13/h1-7,10,12,15H,8-9,11H2,(H,19,20)(H,21,22). The molecule has 1 unspecified atom stereocenters.